The number of aliphatic hydroxyl groups excluding tert-OH is 1. The van der Waals surface area contributed by atoms with E-state index in [1.165, 1.54) is 103 Å². The molecule has 0 saturated carbocycles. The number of carboxylic acids is 1. The summed E-state index contributed by atoms with van der Waals surface area (Å²) >= 11 is 0. The third kappa shape index (κ3) is 25.8. The zero-order valence-electron chi connectivity index (χ0n) is 22.8. The van der Waals surface area contributed by atoms with Crippen LogP contribution in [0.2, 0.25) is 0 Å². The van der Waals surface area contributed by atoms with E-state index in [4.69, 9.17) is 5.11 Å². The Kier molecular flexibility index (Phi) is 22.7. The number of unbranched alkanes of at least 4 members (excludes halogenated alkanes) is 18. The van der Waals surface area contributed by atoms with Gasteiger partial charge in [-0.3, -0.25) is 4.79 Å². The molecule has 198 valence electrons. The quantitative estimate of drug-likeness (QED) is 0.0991. The van der Waals surface area contributed by atoms with Gasteiger partial charge in [0.1, 0.15) is 12.6 Å². The molecule has 0 aromatic rings. The second-order valence-corrected chi connectivity index (χ2v) is 11.1. The van der Waals surface area contributed by atoms with Gasteiger partial charge in [0.25, 0.3) is 0 Å². The van der Waals surface area contributed by atoms with Gasteiger partial charge in [0.05, 0.1) is 20.6 Å². The van der Waals surface area contributed by atoms with Gasteiger partial charge < -0.3 is 14.7 Å². The van der Waals surface area contributed by atoms with E-state index in [0.717, 1.165) is 49.7 Å². The van der Waals surface area contributed by atoms with Crippen LogP contribution in [0.3, 0.4) is 0 Å². The number of quaternary nitrogens is 1. The van der Waals surface area contributed by atoms with Crippen LogP contribution in [-0.4, -0.2) is 54.0 Å². The van der Waals surface area contributed by atoms with Gasteiger partial charge in [-0.25, -0.2) is 0 Å². The predicted octanol–water partition coefficient (Wildman–Crippen LogP) is 8.11. The highest BCUT2D eigenvalue weighted by atomic mass is 16.4. The Bertz CT molecular complexity index is 425. The van der Waals surface area contributed by atoms with Crippen LogP contribution in [0.25, 0.3) is 0 Å². The molecule has 33 heavy (non-hydrogen) atoms. The van der Waals surface area contributed by atoms with Crippen LogP contribution >= 0.6 is 0 Å². The van der Waals surface area contributed by atoms with Crippen LogP contribution < -0.4 is 0 Å². The fourth-order valence-corrected chi connectivity index (χ4v) is 4.85. The first-order chi connectivity index (χ1) is 15.9. The minimum atomic E-state index is -0.679. The zero-order chi connectivity index (χ0) is 24.6. The summed E-state index contributed by atoms with van der Waals surface area (Å²) < 4.78 is 0.902. The van der Waals surface area contributed by atoms with Gasteiger partial charge in [-0.1, -0.05) is 116 Å². The molecule has 4 nitrogen and oxygen atoms in total. The van der Waals surface area contributed by atoms with Crippen molar-refractivity contribution in [1.82, 2.24) is 0 Å². The van der Waals surface area contributed by atoms with E-state index >= 15 is 0 Å². The Morgan fingerprint density at radius 2 is 1.03 bits per heavy atom. The van der Waals surface area contributed by atoms with E-state index in [2.05, 4.69) is 21.0 Å². The first-order valence-corrected chi connectivity index (χ1v) is 14.6. The molecule has 0 spiro atoms. The molecule has 0 aliphatic heterocycles. The van der Waals surface area contributed by atoms with Crippen molar-refractivity contribution in [2.24, 2.45) is 0 Å². The van der Waals surface area contributed by atoms with E-state index < -0.39 is 5.97 Å². The van der Waals surface area contributed by atoms with Crippen molar-refractivity contribution in [3.05, 3.63) is 0 Å². The normalized spacial score (nSPS) is 12.8. The highest BCUT2D eigenvalue weighted by Crippen LogP contribution is 2.15. The van der Waals surface area contributed by atoms with Gasteiger partial charge in [0.2, 0.25) is 0 Å². The number of likely N-dealkylation sites (N-methyl/N-ethyl adjacent to an activating group) is 1. The van der Waals surface area contributed by atoms with Crippen molar-refractivity contribution in [2.45, 2.75) is 154 Å². The first-order valence-electron chi connectivity index (χ1n) is 14.6. The van der Waals surface area contributed by atoms with Crippen LogP contribution in [0.4, 0.5) is 0 Å². The molecule has 1 unspecified atom stereocenters. The summed E-state index contributed by atoms with van der Waals surface area (Å²) in [4.78, 5) is 10.5. The van der Waals surface area contributed by atoms with Gasteiger partial charge >= 0.3 is 5.97 Å². The van der Waals surface area contributed by atoms with Crippen molar-refractivity contribution in [3.63, 3.8) is 0 Å². The molecule has 0 aliphatic rings. The maximum Gasteiger partial charge on any atom is 0.303 e. The summed E-state index contributed by atoms with van der Waals surface area (Å²) in [6.45, 7) is 4.26. The number of hydrogen-bond donors (Lipinski definition) is 2. The molecule has 0 bridgehead atoms. The van der Waals surface area contributed by atoms with E-state index in [0.29, 0.717) is 6.42 Å². The van der Waals surface area contributed by atoms with Gasteiger partial charge in [-0.05, 0) is 25.7 Å². The predicted molar refractivity (Wildman–Crippen MR) is 143 cm³/mol. The molecule has 0 rings (SSSR count). The highest BCUT2D eigenvalue weighted by molar-refractivity contribution is 5.66. The summed E-state index contributed by atoms with van der Waals surface area (Å²) in [6, 6.07) is 0. The maximum atomic E-state index is 10.5. The van der Waals surface area contributed by atoms with Crippen LogP contribution in [0.1, 0.15) is 148 Å². The maximum absolute atomic E-state index is 10.5. The number of nitrogens with zero attached hydrogens (tertiary/aromatic N) is 1. The first kappa shape index (κ1) is 32.4. The second kappa shape index (κ2) is 23.1. The summed E-state index contributed by atoms with van der Waals surface area (Å²) in [5.41, 5.74) is 0. The number of aliphatic carboxylic acids is 1. The Hall–Kier alpha value is -0.610. The van der Waals surface area contributed by atoms with E-state index in [1.54, 1.807) is 0 Å². The third-order valence-electron chi connectivity index (χ3n) is 7.00. The highest BCUT2D eigenvalue weighted by Gasteiger charge is 2.19. The SMILES string of the molecule is CCCCCCCCCCCCCCCCC(O)C[N+](C)(C)CCCCCCCCC(=O)O. The lowest BCUT2D eigenvalue weighted by molar-refractivity contribution is -0.893. The second-order valence-electron chi connectivity index (χ2n) is 11.1. The number of carbonyl (C=O) groups is 1. The molecule has 0 saturated heterocycles. The van der Waals surface area contributed by atoms with Gasteiger partial charge in [-0.15, -0.1) is 0 Å². The average molecular weight is 471 g/mol. The molecule has 1 atom stereocenters. The lowest BCUT2D eigenvalue weighted by Crippen LogP contribution is -2.45. The van der Waals surface area contributed by atoms with Gasteiger partial charge in [-0.2, -0.15) is 0 Å². The third-order valence-corrected chi connectivity index (χ3v) is 7.00. The molecule has 0 fully saturated rings. The molecule has 4 heteroatoms. The lowest BCUT2D eigenvalue weighted by atomic mass is 10.0. The van der Waals surface area contributed by atoms with Crippen molar-refractivity contribution in [2.75, 3.05) is 27.2 Å². The van der Waals surface area contributed by atoms with Crippen LogP contribution in [0.15, 0.2) is 0 Å². The smallest absolute Gasteiger partial charge is 0.303 e. The Labute approximate surface area is 207 Å². The molecule has 2 N–H and O–H groups in total. The molecule has 0 amide bonds. The molecular weight excluding hydrogens is 410 g/mol. The number of hydrogen-bond acceptors (Lipinski definition) is 2. The number of rotatable bonds is 26. The van der Waals surface area contributed by atoms with Crippen LogP contribution in [0.5, 0.6) is 0 Å². The topological polar surface area (TPSA) is 57.5 Å². The van der Waals surface area contributed by atoms with Crippen molar-refractivity contribution >= 4 is 5.97 Å². The van der Waals surface area contributed by atoms with E-state index in [1.807, 2.05) is 0 Å². The van der Waals surface area contributed by atoms with Crippen molar-refractivity contribution < 1.29 is 19.5 Å². The molecule has 0 aromatic carbocycles. The number of carboxylic acid groups (broad SMARTS) is 1. The molecular formula is C29H60NO3+. The summed E-state index contributed by atoms with van der Waals surface area (Å²) in [5.74, 6) is -0.679. The van der Waals surface area contributed by atoms with E-state index in [-0.39, 0.29) is 6.10 Å². The summed E-state index contributed by atoms with van der Waals surface area (Å²) in [7, 11) is 4.47. The Morgan fingerprint density at radius 1 is 0.636 bits per heavy atom. The minimum absolute atomic E-state index is 0.173. The van der Waals surface area contributed by atoms with Crippen molar-refractivity contribution in [3.8, 4) is 0 Å². The standard InChI is InChI=1S/C29H59NO3/c1-4-5-6-7-8-9-10-11-12-13-14-15-18-21-24-28(31)27-30(2,3)26-23-20-17-16-19-22-25-29(32)33/h28,31H,4-27H2,1-3H3/p+1. The fraction of sp³-hybridized carbons (Fsp3) is 0.966. The van der Waals surface area contributed by atoms with Crippen LogP contribution in [-0.2, 0) is 4.79 Å². The average Bonchev–Trinajstić information content (AvgIpc) is 2.75. The monoisotopic (exact) mass is 470 g/mol. The largest absolute Gasteiger partial charge is 0.481 e. The molecule has 0 heterocycles. The van der Waals surface area contributed by atoms with Crippen LogP contribution in [0, 0.1) is 0 Å². The van der Waals surface area contributed by atoms with Gasteiger partial charge in [0, 0.05) is 6.42 Å². The molecule has 0 aromatic heterocycles. The molecule has 0 aliphatic carbocycles. The van der Waals surface area contributed by atoms with E-state index in [9.17, 15) is 9.90 Å². The van der Waals surface area contributed by atoms with Gasteiger partial charge in [0.15, 0.2) is 0 Å². The summed E-state index contributed by atoms with van der Waals surface area (Å²) in [6.07, 6.45) is 26.9. The Morgan fingerprint density at radius 3 is 1.48 bits per heavy atom. The number of aliphatic hydroxyl groups is 1. The fourth-order valence-electron chi connectivity index (χ4n) is 4.85. The lowest BCUT2D eigenvalue weighted by Gasteiger charge is -2.32. The van der Waals surface area contributed by atoms with Crippen molar-refractivity contribution in [1.29, 1.82) is 0 Å². The summed E-state index contributed by atoms with van der Waals surface area (Å²) in [5, 5.41) is 19.1. The Balaban J connectivity index is 3.44. The molecule has 0 radical (unpaired) electrons. The minimum Gasteiger partial charge on any atom is -0.481 e. The zero-order valence-corrected chi connectivity index (χ0v) is 22.8.